The standard InChI is InChI=1S/C9H15N3O/c1-7(11-2)9(13)12-5-3-4-8(12)6-10/h7-8,11H,3-5H2,1-2H3/t7-,8-/m0/s1. The summed E-state index contributed by atoms with van der Waals surface area (Å²) in [4.78, 5) is 13.3. The number of hydrogen-bond acceptors (Lipinski definition) is 3. The predicted octanol–water partition coefficient (Wildman–Crippen LogP) is 0.109. The van der Waals surface area contributed by atoms with Gasteiger partial charge in [0.25, 0.3) is 0 Å². The van der Waals surface area contributed by atoms with Crippen molar-refractivity contribution in [1.82, 2.24) is 10.2 Å². The van der Waals surface area contributed by atoms with Crippen LogP contribution in [0.15, 0.2) is 0 Å². The Morgan fingerprint density at radius 3 is 3.00 bits per heavy atom. The van der Waals surface area contributed by atoms with Crippen molar-refractivity contribution in [3.05, 3.63) is 0 Å². The lowest BCUT2D eigenvalue weighted by molar-refractivity contribution is -0.132. The molecule has 4 nitrogen and oxygen atoms in total. The fraction of sp³-hybridized carbons (Fsp3) is 0.778. The molecule has 0 aromatic carbocycles. The first kappa shape index (κ1) is 10.0. The van der Waals surface area contributed by atoms with Gasteiger partial charge in [0, 0.05) is 6.54 Å². The number of amides is 1. The van der Waals surface area contributed by atoms with Crippen molar-refractivity contribution in [3.63, 3.8) is 0 Å². The molecule has 1 aliphatic heterocycles. The zero-order valence-electron chi connectivity index (χ0n) is 8.08. The number of carbonyl (C=O) groups is 1. The summed E-state index contributed by atoms with van der Waals surface area (Å²) in [6.45, 7) is 2.54. The van der Waals surface area contributed by atoms with Gasteiger partial charge in [-0.25, -0.2) is 0 Å². The van der Waals surface area contributed by atoms with E-state index in [0.717, 1.165) is 19.4 Å². The molecule has 1 saturated heterocycles. The van der Waals surface area contributed by atoms with E-state index < -0.39 is 0 Å². The number of likely N-dealkylation sites (tertiary alicyclic amines) is 1. The van der Waals surface area contributed by atoms with Gasteiger partial charge in [-0.2, -0.15) is 5.26 Å². The lowest BCUT2D eigenvalue weighted by Crippen LogP contribution is -2.45. The lowest BCUT2D eigenvalue weighted by atomic mass is 10.2. The maximum absolute atomic E-state index is 11.7. The first-order valence-electron chi connectivity index (χ1n) is 4.58. The van der Waals surface area contributed by atoms with Crippen LogP contribution in [0.4, 0.5) is 0 Å². The van der Waals surface area contributed by atoms with Crippen molar-refractivity contribution in [2.45, 2.75) is 31.8 Å². The highest BCUT2D eigenvalue weighted by molar-refractivity contribution is 5.82. The minimum absolute atomic E-state index is 0.0338. The van der Waals surface area contributed by atoms with E-state index >= 15 is 0 Å². The predicted molar refractivity (Wildman–Crippen MR) is 48.9 cm³/mol. The molecule has 0 aromatic rings. The van der Waals surface area contributed by atoms with Gasteiger partial charge >= 0.3 is 0 Å². The number of nitrogens with zero attached hydrogens (tertiary/aromatic N) is 2. The van der Waals surface area contributed by atoms with Crippen LogP contribution in [-0.2, 0) is 4.79 Å². The maximum atomic E-state index is 11.7. The van der Waals surface area contributed by atoms with E-state index in [-0.39, 0.29) is 18.0 Å². The van der Waals surface area contributed by atoms with E-state index in [1.165, 1.54) is 0 Å². The second-order valence-corrected chi connectivity index (χ2v) is 3.33. The molecule has 4 heteroatoms. The third kappa shape index (κ3) is 1.99. The van der Waals surface area contributed by atoms with Crippen LogP contribution in [0.25, 0.3) is 0 Å². The van der Waals surface area contributed by atoms with Crippen molar-refractivity contribution in [2.24, 2.45) is 0 Å². The molecule has 1 rings (SSSR count). The second kappa shape index (κ2) is 4.24. The smallest absolute Gasteiger partial charge is 0.240 e. The van der Waals surface area contributed by atoms with E-state index in [1.54, 1.807) is 11.9 Å². The van der Waals surface area contributed by atoms with Crippen LogP contribution in [0.1, 0.15) is 19.8 Å². The second-order valence-electron chi connectivity index (χ2n) is 3.33. The van der Waals surface area contributed by atoms with Crippen molar-refractivity contribution in [3.8, 4) is 6.07 Å². The minimum Gasteiger partial charge on any atom is -0.325 e. The van der Waals surface area contributed by atoms with Gasteiger partial charge in [-0.05, 0) is 26.8 Å². The lowest BCUT2D eigenvalue weighted by Gasteiger charge is -2.22. The Balaban J connectivity index is 2.61. The SMILES string of the molecule is CN[C@@H](C)C(=O)N1CCC[C@H]1C#N. The number of hydrogen-bond donors (Lipinski definition) is 1. The van der Waals surface area contributed by atoms with Gasteiger partial charge in [-0.1, -0.05) is 0 Å². The summed E-state index contributed by atoms with van der Waals surface area (Å²) in [6, 6.07) is 1.76. The highest BCUT2D eigenvalue weighted by Gasteiger charge is 2.30. The molecular weight excluding hydrogens is 166 g/mol. The van der Waals surface area contributed by atoms with Crippen molar-refractivity contribution in [1.29, 1.82) is 5.26 Å². The van der Waals surface area contributed by atoms with Crippen LogP contribution in [0.3, 0.4) is 0 Å². The van der Waals surface area contributed by atoms with Crippen LogP contribution in [0.2, 0.25) is 0 Å². The Morgan fingerprint density at radius 1 is 1.77 bits per heavy atom. The molecule has 0 aromatic heterocycles. The molecule has 1 N–H and O–H groups in total. The highest BCUT2D eigenvalue weighted by Crippen LogP contribution is 2.17. The van der Waals surface area contributed by atoms with Crippen LogP contribution in [0, 0.1) is 11.3 Å². The first-order chi connectivity index (χ1) is 6.20. The van der Waals surface area contributed by atoms with Crippen LogP contribution < -0.4 is 5.32 Å². The summed E-state index contributed by atoms with van der Waals surface area (Å²) in [6.07, 6.45) is 1.76. The zero-order valence-corrected chi connectivity index (χ0v) is 8.08. The number of rotatable bonds is 2. The molecule has 1 heterocycles. The average Bonchev–Trinajstić information content (AvgIpc) is 2.62. The zero-order chi connectivity index (χ0) is 9.84. The van der Waals surface area contributed by atoms with Crippen molar-refractivity contribution < 1.29 is 4.79 Å². The quantitative estimate of drug-likeness (QED) is 0.657. The van der Waals surface area contributed by atoms with Crippen LogP contribution >= 0.6 is 0 Å². The van der Waals surface area contributed by atoms with Crippen molar-refractivity contribution in [2.75, 3.05) is 13.6 Å². The van der Waals surface area contributed by atoms with Crippen LogP contribution in [0.5, 0.6) is 0 Å². The summed E-state index contributed by atoms with van der Waals surface area (Å²) in [5, 5.41) is 11.7. The van der Waals surface area contributed by atoms with Crippen molar-refractivity contribution >= 4 is 5.91 Å². The summed E-state index contributed by atoms with van der Waals surface area (Å²) in [5.74, 6) is 0.0338. The largest absolute Gasteiger partial charge is 0.325 e. The minimum atomic E-state index is -0.205. The first-order valence-corrected chi connectivity index (χ1v) is 4.58. The van der Waals surface area contributed by atoms with Gasteiger partial charge < -0.3 is 10.2 Å². The normalized spacial score (nSPS) is 24.1. The fourth-order valence-corrected chi connectivity index (χ4v) is 1.54. The number of carbonyl (C=O) groups excluding carboxylic acids is 1. The Labute approximate surface area is 78.5 Å². The molecule has 0 unspecified atom stereocenters. The highest BCUT2D eigenvalue weighted by atomic mass is 16.2. The summed E-state index contributed by atoms with van der Waals surface area (Å²) in [5.41, 5.74) is 0. The Hall–Kier alpha value is -1.08. The van der Waals surface area contributed by atoms with E-state index in [4.69, 9.17) is 5.26 Å². The molecule has 72 valence electrons. The molecule has 2 atom stereocenters. The Morgan fingerprint density at radius 2 is 2.46 bits per heavy atom. The topological polar surface area (TPSA) is 56.1 Å². The molecule has 0 aliphatic carbocycles. The van der Waals surface area contributed by atoms with Gasteiger partial charge in [0.2, 0.25) is 5.91 Å². The van der Waals surface area contributed by atoms with E-state index in [1.807, 2.05) is 6.92 Å². The maximum Gasteiger partial charge on any atom is 0.240 e. The molecule has 0 bridgehead atoms. The Bertz CT molecular complexity index is 234. The Kier molecular flexibility index (Phi) is 3.26. The van der Waals surface area contributed by atoms with Gasteiger partial charge in [0.1, 0.15) is 6.04 Å². The number of nitriles is 1. The van der Waals surface area contributed by atoms with Gasteiger partial charge in [-0.15, -0.1) is 0 Å². The number of likely N-dealkylation sites (N-methyl/N-ethyl adjacent to an activating group) is 1. The van der Waals surface area contributed by atoms with E-state index in [0.29, 0.717) is 0 Å². The number of nitrogens with one attached hydrogen (secondary N) is 1. The average molecular weight is 181 g/mol. The monoisotopic (exact) mass is 181 g/mol. The van der Waals surface area contributed by atoms with Gasteiger partial charge in [0.15, 0.2) is 0 Å². The van der Waals surface area contributed by atoms with E-state index in [2.05, 4.69) is 11.4 Å². The third-order valence-corrected chi connectivity index (χ3v) is 2.49. The molecule has 0 saturated carbocycles. The molecule has 0 radical (unpaired) electrons. The van der Waals surface area contributed by atoms with Gasteiger partial charge in [-0.3, -0.25) is 4.79 Å². The molecule has 0 spiro atoms. The van der Waals surface area contributed by atoms with Gasteiger partial charge in [0.05, 0.1) is 12.1 Å². The summed E-state index contributed by atoms with van der Waals surface area (Å²) < 4.78 is 0. The summed E-state index contributed by atoms with van der Waals surface area (Å²) in [7, 11) is 1.75. The fourth-order valence-electron chi connectivity index (χ4n) is 1.54. The van der Waals surface area contributed by atoms with Crippen LogP contribution in [-0.4, -0.2) is 36.5 Å². The molecule has 1 aliphatic rings. The molecular formula is C9H15N3O. The molecule has 1 fully saturated rings. The molecule has 1 amide bonds. The molecule has 13 heavy (non-hydrogen) atoms. The van der Waals surface area contributed by atoms with E-state index in [9.17, 15) is 4.79 Å². The summed E-state index contributed by atoms with van der Waals surface area (Å²) >= 11 is 0. The third-order valence-electron chi connectivity index (χ3n) is 2.49.